The third kappa shape index (κ3) is 3.44. The molecule has 2 N–H and O–H groups in total. The van der Waals surface area contributed by atoms with E-state index >= 15 is 0 Å². The van der Waals surface area contributed by atoms with E-state index < -0.39 is 0 Å². The Morgan fingerprint density at radius 3 is 2.71 bits per heavy atom. The Morgan fingerprint density at radius 2 is 2.18 bits per heavy atom. The van der Waals surface area contributed by atoms with Crippen LogP contribution in [0.5, 0.6) is 0 Å². The van der Waals surface area contributed by atoms with E-state index in [0.29, 0.717) is 17.8 Å². The molecule has 0 fully saturated rings. The van der Waals surface area contributed by atoms with Gasteiger partial charge in [-0.05, 0) is 26.3 Å². The first kappa shape index (κ1) is 13.5. The molecule has 0 atom stereocenters. The van der Waals surface area contributed by atoms with Gasteiger partial charge in [0.15, 0.2) is 0 Å². The van der Waals surface area contributed by atoms with Crippen LogP contribution in [0.3, 0.4) is 0 Å². The molecule has 4 heteroatoms. The molecule has 1 amide bonds. The van der Waals surface area contributed by atoms with Crippen LogP contribution in [0.15, 0.2) is 12.3 Å². The van der Waals surface area contributed by atoms with Gasteiger partial charge in [0.05, 0.1) is 5.56 Å². The van der Waals surface area contributed by atoms with E-state index in [0.717, 1.165) is 25.1 Å². The lowest BCUT2D eigenvalue weighted by molar-refractivity contribution is 0.0763. The van der Waals surface area contributed by atoms with Gasteiger partial charge in [-0.15, -0.1) is 0 Å². The number of aromatic nitrogens is 1. The average Bonchev–Trinajstić information content (AvgIpc) is 2.29. The van der Waals surface area contributed by atoms with E-state index in [1.807, 2.05) is 18.7 Å². The van der Waals surface area contributed by atoms with Crippen LogP contribution in [0, 0.1) is 6.92 Å². The smallest absolute Gasteiger partial charge is 0.257 e. The molecule has 0 bridgehead atoms. The van der Waals surface area contributed by atoms with Gasteiger partial charge >= 0.3 is 0 Å². The van der Waals surface area contributed by atoms with Crippen LogP contribution in [0.4, 0.5) is 5.69 Å². The van der Waals surface area contributed by atoms with Crippen LogP contribution < -0.4 is 5.73 Å². The fourth-order valence-corrected chi connectivity index (χ4v) is 1.68. The van der Waals surface area contributed by atoms with Gasteiger partial charge in [-0.3, -0.25) is 9.78 Å². The molecule has 4 nitrogen and oxygen atoms in total. The van der Waals surface area contributed by atoms with Crippen molar-refractivity contribution in [3.63, 3.8) is 0 Å². The minimum absolute atomic E-state index is 0.0223. The number of carbonyl (C=O) groups excluding carboxylic acids is 1. The summed E-state index contributed by atoms with van der Waals surface area (Å²) in [6, 6.07) is 1.74. The zero-order valence-corrected chi connectivity index (χ0v) is 10.9. The van der Waals surface area contributed by atoms with Gasteiger partial charge in [0, 0.05) is 30.7 Å². The Labute approximate surface area is 103 Å². The number of amides is 1. The summed E-state index contributed by atoms with van der Waals surface area (Å²) in [7, 11) is 0. The lowest BCUT2D eigenvalue weighted by atomic mass is 10.2. The van der Waals surface area contributed by atoms with E-state index in [4.69, 9.17) is 5.73 Å². The van der Waals surface area contributed by atoms with Crippen molar-refractivity contribution in [3.8, 4) is 0 Å². The van der Waals surface area contributed by atoms with E-state index in [-0.39, 0.29) is 5.91 Å². The molecule has 1 aromatic rings. The van der Waals surface area contributed by atoms with E-state index in [9.17, 15) is 4.79 Å². The van der Waals surface area contributed by atoms with E-state index in [1.165, 1.54) is 0 Å². The van der Waals surface area contributed by atoms with E-state index in [2.05, 4.69) is 11.9 Å². The molecule has 17 heavy (non-hydrogen) atoms. The lowest BCUT2D eigenvalue weighted by Gasteiger charge is -2.21. The van der Waals surface area contributed by atoms with Crippen LogP contribution in [-0.4, -0.2) is 28.9 Å². The first-order chi connectivity index (χ1) is 8.10. The second-order valence-electron chi connectivity index (χ2n) is 4.15. The van der Waals surface area contributed by atoms with Crippen LogP contribution in [0.1, 0.15) is 42.7 Å². The third-order valence-electron chi connectivity index (χ3n) is 2.75. The third-order valence-corrected chi connectivity index (χ3v) is 2.75. The Balaban J connectivity index is 2.86. The molecule has 1 heterocycles. The van der Waals surface area contributed by atoms with Crippen molar-refractivity contribution in [1.82, 2.24) is 9.88 Å². The molecule has 0 saturated carbocycles. The summed E-state index contributed by atoms with van der Waals surface area (Å²) >= 11 is 0. The highest BCUT2D eigenvalue weighted by Gasteiger charge is 2.16. The minimum Gasteiger partial charge on any atom is -0.398 e. The zero-order chi connectivity index (χ0) is 12.8. The van der Waals surface area contributed by atoms with Gasteiger partial charge in [0.25, 0.3) is 5.91 Å². The highest BCUT2D eigenvalue weighted by Crippen LogP contribution is 2.14. The van der Waals surface area contributed by atoms with Crippen LogP contribution >= 0.6 is 0 Å². The number of nitrogens with zero attached hydrogens (tertiary/aromatic N) is 2. The maximum Gasteiger partial charge on any atom is 0.257 e. The highest BCUT2D eigenvalue weighted by molar-refractivity contribution is 5.98. The summed E-state index contributed by atoms with van der Waals surface area (Å²) in [5, 5.41) is 0. The number of anilines is 1. The normalized spacial score (nSPS) is 10.3. The number of aryl methyl sites for hydroxylation is 1. The Bertz CT molecular complexity index is 390. The standard InChI is InChI=1S/C13H21N3O/c1-4-6-7-16(5-2)13(17)11-9-15-10(3)8-12(11)14/h8-9H,4-7H2,1-3H3,(H2,14,15). The highest BCUT2D eigenvalue weighted by atomic mass is 16.2. The number of pyridine rings is 1. The van der Waals surface area contributed by atoms with Gasteiger partial charge < -0.3 is 10.6 Å². The largest absolute Gasteiger partial charge is 0.398 e. The molecular weight excluding hydrogens is 214 g/mol. The van der Waals surface area contributed by atoms with Crippen molar-refractivity contribution in [3.05, 3.63) is 23.5 Å². The van der Waals surface area contributed by atoms with Gasteiger partial charge in [-0.2, -0.15) is 0 Å². The van der Waals surface area contributed by atoms with Gasteiger partial charge in [0.2, 0.25) is 0 Å². The summed E-state index contributed by atoms with van der Waals surface area (Å²) in [5.41, 5.74) is 7.70. The average molecular weight is 235 g/mol. The topological polar surface area (TPSA) is 59.2 Å². The van der Waals surface area contributed by atoms with Crippen LogP contribution in [0.2, 0.25) is 0 Å². The summed E-state index contributed by atoms with van der Waals surface area (Å²) in [4.78, 5) is 18.2. The summed E-state index contributed by atoms with van der Waals surface area (Å²) in [6.45, 7) is 7.43. The number of nitrogen functional groups attached to an aromatic ring is 1. The first-order valence-corrected chi connectivity index (χ1v) is 6.11. The van der Waals surface area contributed by atoms with Gasteiger partial charge in [-0.25, -0.2) is 0 Å². The monoisotopic (exact) mass is 235 g/mol. The van der Waals surface area contributed by atoms with Gasteiger partial charge in [0.1, 0.15) is 0 Å². The summed E-state index contributed by atoms with van der Waals surface area (Å²) in [6.07, 6.45) is 3.66. The fraction of sp³-hybridized carbons (Fsp3) is 0.538. The number of rotatable bonds is 5. The van der Waals surface area contributed by atoms with Crippen molar-refractivity contribution < 1.29 is 4.79 Å². The lowest BCUT2D eigenvalue weighted by Crippen LogP contribution is -2.32. The quantitative estimate of drug-likeness (QED) is 0.851. The second-order valence-corrected chi connectivity index (χ2v) is 4.15. The molecule has 1 rings (SSSR count). The Hall–Kier alpha value is -1.58. The van der Waals surface area contributed by atoms with Crippen molar-refractivity contribution in [1.29, 1.82) is 0 Å². The zero-order valence-electron chi connectivity index (χ0n) is 10.9. The first-order valence-electron chi connectivity index (χ1n) is 6.11. The molecule has 0 aliphatic rings. The number of unbranched alkanes of at least 4 members (excludes halogenated alkanes) is 1. The molecule has 0 saturated heterocycles. The molecule has 0 unspecified atom stereocenters. The fourth-order valence-electron chi connectivity index (χ4n) is 1.68. The number of carbonyl (C=O) groups is 1. The minimum atomic E-state index is -0.0223. The molecule has 0 aliphatic heterocycles. The SMILES string of the molecule is CCCCN(CC)C(=O)c1cnc(C)cc1N. The second kappa shape index (κ2) is 6.23. The van der Waals surface area contributed by atoms with Crippen LogP contribution in [0.25, 0.3) is 0 Å². The maximum atomic E-state index is 12.2. The number of nitrogens with two attached hydrogens (primary N) is 1. The molecule has 94 valence electrons. The predicted octanol–water partition coefficient (Wildman–Crippen LogP) is 2.23. The molecule has 0 aromatic carbocycles. The van der Waals surface area contributed by atoms with E-state index in [1.54, 1.807) is 12.3 Å². The van der Waals surface area contributed by atoms with Crippen molar-refractivity contribution in [2.24, 2.45) is 0 Å². The van der Waals surface area contributed by atoms with Crippen molar-refractivity contribution >= 4 is 11.6 Å². The maximum absolute atomic E-state index is 12.2. The Morgan fingerprint density at radius 1 is 1.47 bits per heavy atom. The molecule has 0 radical (unpaired) electrons. The van der Waals surface area contributed by atoms with Crippen molar-refractivity contribution in [2.75, 3.05) is 18.8 Å². The molecular formula is C13H21N3O. The number of hydrogen-bond donors (Lipinski definition) is 1. The summed E-state index contributed by atoms with van der Waals surface area (Å²) < 4.78 is 0. The predicted molar refractivity (Wildman–Crippen MR) is 69.9 cm³/mol. The molecule has 0 aliphatic carbocycles. The summed E-state index contributed by atoms with van der Waals surface area (Å²) in [5.74, 6) is -0.0223. The van der Waals surface area contributed by atoms with Crippen molar-refractivity contribution in [2.45, 2.75) is 33.6 Å². The van der Waals surface area contributed by atoms with Crippen LogP contribution in [-0.2, 0) is 0 Å². The molecule has 1 aromatic heterocycles. The van der Waals surface area contributed by atoms with Gasteiger partial charge in [-0.1, -0.05) is 13.3 Å². The number of hydrogen-bond acceptors (Lipinski definition) is 3. The molecule has 0 spiro atoms. The Kier molecular flexibility index (Phi) is 4.94.